The number of carbonyl (C=O) groups excluding carboxylic acids is 1. The SMILES string of the molecule is O=C(CO)c1ccc(CC2(c3ccccc3)CCCCC2)cc1. The van der Waals surface area contributed by atoms with Gasteiger partial charge >= 0.3 is 0 Å². The van der Waals surface area contributed by atoms with Gasteiger partial charge in [0.05, 0.1) is 0 Å². The molecule has 23 heavy (non-hydrogen) atoms. The van der Waals surface area contributed by atoms with Crippen molar-refractivity contribution < 1.29 is 9.90 Å². The van der Waals surface area contributed by atoms with E-state index in [2.05, 4.69) is 30.3 Å². The third-order valence-corrected chi connectivity index (χ3v) is 5.16. The molecule has 0 amide bonds. The van der Waals surface area contributed by atoms with Gasteiger partial charge < -0.3 is 5.11 Å². The Morgan fingerprint density at radius 2 is 1.57 bits per heavy atom. The molecule has 0 unspecified atom stereocenters. The lowest BCUT2D eigenvalue weighted by Crippen LogP contribution is -2.31. The number of aliphatic hydroxyl groups excluding tert-OH is 1. The molecule has 1 fully saturated rings. The highest BCUT2D eigenvalue weighted by molar-refractivity contribution is 5.96. The van der Waals surface area contributed by atoms with Crippen LogP contribution in [0.15, 0.2) is 54.6 Å². The predicted octanol–water partition coefficient (Wildman–Crippen LogP) is 4.31. The number of carbonyl (C=O) groups is 1. The molecule has 1 aliphatic carbocycles. The molecule has 0 heterocycles. The third kappa shape index (κ3) is 3.53. The number of hydrogen-bond donors (Lipinski definition) is 1. The van der Waals surface area contributed by atoms with Crippen LogP contribution in [0.3, 0.4) is 0 Å². The summed E-state index contributed by atoms with van der Waals surface area (Å²) >= 11 is 0. The molecule has 0 aromatic heterocycles. The van der Waals surface area contributed by atoms with Crippen molar-refractivity contribution >= 4 is 5.78 Å². The minimum Gasteiger partial charge on any atom is -0.388 e. The first-order chi connectivity index (χ1) is 11.2. The van der Waals surface area contributed by atoms with E-state index in [1.54, 1.807) is 0 Å². The van der Waals surface area contributed by atoms with Gasteiger partial charge in [0.25, 0.3) is 0 Å². The third-order valence-electron chi connectivity index (χ3n) is 5.16. The Morgan fingerprint density at radius 1 is 0.913 bits per heavy atom. The average molecular weight is 308 g/mol. The second-order valence-corrected chi connectivity index (χ2v) is 6.66. The fourth-order valence-corrected chi connectivity index (χ4v) is 3.88. The number of rotatable bonds is 5. The van der Waals surface area contributed by atoms with Gasteiger partial charge in [-0.25, -0.2) is 0 Å². The van der Waals surface area contributed by atoms with Crippen LogP contribution < -0.4 is 0 Å². The average Bonchev–Trinajstić information content (AvgIpc) is 2.63. The van der Waals surface area contributed by atoms with Gasteiger partial charge in [0, 0.05) is 5.56 Å². The van der Waals surface area contributed by atoms with E-state index >= 15 is 0 Å². The molecule has 0 bridgehead atoms. The lowest BCUT2D eigenvalue weighted by molar-refractivity contribution is 0.0903. The molecule has 2 aromatic rings. The molecular formula is C21H24O2. The normalized spacial score (nSPS) is 16.9. The molecule has 0 atom stereocenters. The van der Waals surface area contributed by atoms with E-state index in [-0.39, 0.29) is 11.2 Å². The molecule has 1 aliphatic rings. The van der Waals surface area contributed by atoms with Crippen LogP contribution in [0, 0.1) is 0 Å². The molecule has 0 saturated heterocycles. The van der Waals surface area contributed by atoms with Gasteiger partial charge in [-0.05, 0) is 35.8 Å². The molecular weight excluding hydrogens is 284 g/mol. The first-order valence-electron chi connectivity index (χ1n) is 8.52. The Kier molecular flexibility index (Phi) is 4.92. The molecule has 2 heteroatoms. The monoisotopic (exact) mass is 308 g/mol. The van der Waals surface area contributed by atoms with Gasteiger partial charge in [0.2, 0.25) is 0 Å². The zero-order valence-corrected chi connectivity index (χ0v) is 13.5. The molecule has 0 spiro atoms. The zero-order valence-electron chi connectivity index (χ0n) is 13.5. The van der Waals surface area contributed by atoms with Crippen LogP contribution in [0.4, 0.5) is 0 Å². The van der Waals surface area contributed by atoms with Gasteiger partial charge in [0.15, 0.2) is 5.78 Å². The fraction of sp³-hybridized carbons (Fsp3) is 0.381. The molecule has 2 nitrogen and oxygen atoms in total. The van der Waals surface area contributed by atoms with E-state index < -0.39 is 6.61 Å². The summed E-state index contributed by atoms with van der Waals surface area (Å²) in [6.07, 6.45) is 7.39. The highest BCUT2D eigenvalue weighted by Crippen LogP contribution is 2.42. The Hall–Kier alpha value is -1.93. The van der Waals surface area contributed by atoms with E-state index in [4.69, 9.17) is 5.11 Å². The van der Waals surface area contributed by atoms with Crippen LogP contribution >= 0.6 is 0 Å². The van der Waals surface area contributed by atoms with Gasteiger partial charge in [-0.3, -0.25) is 4.79 Å². The zero-order chi connectivity index (χ0) is 16.1. The van der Waals surface area contributed by atoms with Gasteiger partial charge in [-0.1, -0.05) is 73.9 Å². The topological polar surface area (TPSA) is 37.3 Å². The highest BCUT2D eigenvalue weighted by atomic mass is 16.3. The molecule has 0 aliphatic heterocycles. The molecule has 3 rings (SSSR count). The number of ketones is 1. The van der Waals surface area contributed by atoms with Gasteiger partial charge in [-0.2, -0.15) is 0 Å². The second-order valence-electron chi connectivity index (χ2n) is 6.66. The summed E-state index contributed by atoms with van der Waals surface area (Å²) in [6.45, 7) is -0.423. The van der Waals surface area contributed by atoms with Crippen LogP contribution in [0.5, 0.6) is 0 Å². The first-order valence-corrected chi connectivity index (χ1v) is 8.52. The summed E-state index contributed by atoms with van der Waals surface area (Å²) < 4.78 is 0. The Morgan fingerprint density at radius 3 is 2.17 bits per heavy atom. The molecule has 1 N–H and O–H groups in total. The summed E-state index contributed by atoms with van der Waals surface area (Å²) in [7, 11) is 0. The van der Waals surface area contributed by atoms with Crippen LogP contribution in [0.1, 0.15) is 53.6 Å². The van der Waals surface area contributed by atoms with Crippen molar-refractivity contribution in [1.82, 2.24) is 0 Å². The number of benzene rings is 2. The van der Waals surface area contributed by atoms with Crippen molar-refractivity contribution in [3.63, 3.8) is 0 Å². The molecule has 120 valence electrons. The Labute approximate surface area is 138 Å². The maximum Gasteiger partial charge on any atom is 0.188 e. The maximum atomic E-state index is 11.5. The quantitative estimate of drug-likeness (QED) is 0.836. The second kappa shape index (κ2) is 7.10. The standard InChI is InChI=1S/C21H24O2/c22-16-20(23)18-11-9-17(10-12-18)15-21(13-5-2-6-14-21)19-7-3-1-4-8-19/h1,3-4,7-12,22H,2,5-6,13-16H2. The summed E-state index contributed by atoms with van der Waals surface area (Å²) in [5, 5.41) is 8.96. The fourth-order valence-electron chi connectivity index (χ4n) is 3.88. The Bertz CT molecular complexity index is 637. The minimum atomic E-state index is -0.423. The van der Waals surface area contributed by atoms with E-state index in [9.17, 15) is 4.79 Å². The van der Waals surface area contributed by atoms with Crippen molar-refractivity contribution in [2.45, 2.75) is 43.9 Å². The summed E-state index contributed by atoms with van der Waals surface area (Å²) in [5.41, 5.74) is 3.52. The van der Waals surface area contributed by atoms with Crippen molar-refractivity contribution in [2.24, 2.45) is 0 Å². The summed E-state index contributed by atoms with van der Waals surface area (Å²) in [5.74, 6) is -0.216. The van der Waals surface area contributed by atoms with Gasteiger partial charge in [0.1, 0.15) is 6.61 Å². The first kappa shape index (κ1) is 15.9. The Balaban J connectivity index is 1.86. The van der Waals surface area contributed by atoms with E-state index in [1.165, 1.54) is 43.2 Å². The lowest BCUT2D eigenvalue weighted by atomic mass is 9.66. The maximum absolute atomic E-state index is 11.5. The largest absolute Gasteiger partial charge is 0.388 e. The van der Waals surface area contributed by atoms with Crippen LogP contribution in [0.25, 0.3) is 0 Å². The van der Waals surface area contributed by atoms with Gasteiger partial charge in [-0.15, -0.1) is 0 Å². The van der Waals surface area contributed by atoms with Crippen LogP contribution in [-0.4, -0.2) is 17.5 Å². The minimum absolute atomic E-state index is 0.216. The number of aliphatic hydroxyl groups is 1. The molecule has 2 aromatic carbocycles. The highest BCUT2D eigenvalue weighted by Gasteiger charge is 2.33. The predicted molar refractivity (Wildman–Crippen MR) is 92.8 cm³/mol. The van der Waals surface area contributed by atoms with Crippen molar-refractivity contribution in [3.05, 3.63) is 71.3 Å². The smallest absolute Gasteiger partial charge is 0.188 e. The summed E-state index contributed by atoms with van der Waals surface area (Å²) in [4.78, 5) is 11.5. The van der Waals surface area contributed by atoms with Crippen molar-refractivity contribution in [2.75, 3.05) is 6.61 Å². The van der Waals surface area contributed by atoms with E-state index in [1.807, 2.05) is 24.3 Å². The lowest BCUT2D eigenvalue weighted by Gasteiger charge is -2.38. The van der Waals surface area contributed by atoms with Crippen molar-refractivity contribution in [1.29, 1.82) is 0 Å². The van der Waals surface area contributed by atoms with E-state index in [0.717, 1.165) is 6.42 Å². The number of Topliss-reactive ketones (excluding diaryl/α,β-unsaturated/α-hetero) is 1. The molecule has 0 radical (unpaired) electrons. The number of hydrogen-bond acceptors (Lipinski definition) is 2. The van der Waals surface area contributed by atoms with Crippen molar-refractivity contribution in [3.8, 4) is 0 Å². The molecule has 1 saturated carbocycles. The van der Waals surface area contributed by atoms with Crippen LogP contribution in [-0.2, 0) is 11.8 Å². The van der Waals surface area contributed by atoms with E-state index in [0.29, 0.717) is 5.56 Å². The van der Waals surface area contributed by atoms with Crippen LogP contribution in [0.2, 0.25) is 0 Å². The summed E-state index contributed by atoms with van der Waals surface area (Å²) in [6, 6.07) is 18.6.